The van der Waals surface area contributed by atoms with E-state index in [-0.39, 0.29) is 5.91 Å². The van der Waals surface area contributed by atoms with Crippen molar-refractivity contribution >= 4 is 35.3 Å². The van der Waals surface area contributed by atoms with Crippen LogP contribution < -0.4 is 5.43 Å². The number of carbonyl (C=O) groups excluding carboxylic acids is 1. The smallest absolute Gasteiger partial charge is 0.267 e. The number of hydrogen-bond acceptors (Lipinski definition) is 2. The summed E-state index contributed by atoms with van der Waals surface area (Å²) in [6.45, 7) is 0. The molecule has 0 saturated heterocycles. The van der Waals surface area contributed by atoms with Gasteiger partial charge in [0, 0.05) is 11.2 Å². The molecule has 20 heavy (non-hydrogen) atoms. The van der Waals surface area contributed by atoms with E-state index in [9.17, 15) is 4.79 Å². The van der Waals surface area contributed by atoms with Gasteiger partial charge in [0.05, 0.1) is 10.6 Å². The summed E-state index contributed by atoms with van der Waals surface area (Å²) in [5, 5.41) is 4.95. The highest BCUT2D eigenvalue weighted by Gasteiger charge is 2.38. The summed E-state index contributed by atoms with van der Waals surface area (Å²) in [5.74, 6) is 1.86. The van der Waals surface area contributed by atoms with E-state index in [1.165, 1.54) is 25.7 Å². The van der Waals surface area contributed by atoms with Crippen LogP contribution in [0.15, 0.2) is 23.3 Å². The van der Waals surface area contributed by atoms with Gasteiger partial charge in [-0.05, 0) is 55.2 Å². The van der Waals surface area contributed by atoms with Crippen molar-refractivity contribution in [3.05, 3.63) is 33.8 Å². The molecule has 2 aliphatic carbocycles. The Labute approximate surface area is 128 Å². The zero-order chi connectivity index (χ0) is 14.1. The van der Waals surface area contributed by atoms with Gasteiger partial charge in [0.1, 0.15) is 0 Å². The van der Waals surface area contributed by atoms with Crippen molar-refractivity contribution in [1.29, 1.82) is 0 Å². The molecule has 2 fully saturated rings. The van der Waals surface area contributed by atoms with Crippen LogP contribution in [0, 0.1) is 17.8 Å². The van der Waals surface area contributed by atoms with E-state index in [0.717, 1.165) is 11.8 Å². The Morgan fingerprint density at radius 1 is 1.30 bits per heavy atom. The first-order valence-electron chi connectivity index (χ1n) is 6.92. The second kappa shape index (κ2) is 5.74. The number of rotatable bonds is 3. The molecular formula is C15H16Cl2N2O. The van der Waals surface area contributed by atoms with Crippen molar-refractivity contribution in [3.8, 4) is 0 Å². The van der Waals surface area contributed by atoms with Gasteiger partial charge in [-0.15, -0.1) is 0 Å². The molecule has 0 radical (unpaired) electrons. The third-order valence-electron chi connectivity index (χ3n) is 4.40. The number of nitrogens with zero attached hydrogens (tertiary/aromatic N) is 1. The van der Waals surface area contributed by atoms with Gasteiger partial charge in [0.15, 0.2) is 0 Å². The minimum Gasteiger partial charge on any atom is -0.267 e. The predicted molar refractivity (Wildman–Crippen MR) is 81.4 cm³/mol. The average Bonchev–Trinajstić information content (AvgIpc) is 3.00. The van der Waals surface area contributed by atoms with E-state index in [1.807, 2.05) is 6.21 Å². The number of halogens is 2. The number of nitrogens with one attached hydrogen (secondary N) is 1. The number of hydrazone groups is 1. The van der Waals surface area contributed by atoms with Crippen LogP contribution in [-0.2, 0) is 0 Å². The molecule has 5 heteroatoms. The van der Waals surface area contributed by atoms with Gasteiger partial charge in [-0.3, -0.25) is 4.79 Å². The number of hydrogen-bond donors (Lipinski definition) is 1. The van der Waals surface area contributed by atoms with Gasteiger partial charge >= 0.3 is 0 Å². The number of carbonyl (C=O) groups is 1. The van der Waals surface area contributed by atoms with Crippen LogP contribution in [0.1, 0.15) is 36.0 Å². The number of amides is 1. The topological polar surface area (TPSA) is 41.5 Å². The molecule has 0 aliphatic heterocycles. The van der Waals surface area contributed by atoms with Crippen molar-refractivity contribution in [2.75, 3.05) is 0 Å². The maximum absolute atomic E-state index is 12.0. The molecule has 0 aromatic heterocycles. The third kappa shape index (κ3) is 2.84. The van der Waals surface area contributed by atoms with E-state index >= 15 is 0 Å². The highest BCUT2D eigenvalue weighted by molar-refractivity contribution is 6.36. The minimum atomic E-state index is -0.300. The zero-order valence-electron chi connectivity index (χ0n) is 11.0. The first kappa shape index (κ1) is 13.9. The quantitative estimate of drug-likeness (QED) is 0.661. The Bertz CT molecular complexity index is 559. The van der Waals surface area contributed by atoms with Gasteiger partial charge in [-0.2, -0.15) is 5.10 Å². The summed E-state index contributed by atoms with van der Waals surface area (Å²) in [6, 6.07) is 4.80. The van der Waals surface area contributed by atoms with Gasteiger partial charge in [-0.25, -0.2) is 5.43 Å². The van der Waals surface area contributed by atoms with Gasteiger partial charge < -0.3 is 0 Å². The summed E-state index contributed by atoms with van der Waals surface area (Å²) in [5.41, 5.74) is 2.94. The summed E-state index contributed by atoms with van der Waals surface area (Å²) in [6.07, 6.45) is 7.10. The fourth-order valence-corrected chi connectivity index (χ4v) is 3.90. The van der Waals surface area contributed by atoms with Crippen LogP contribution in [0.25, 0.3) is 0 Å². The largest absolute Gasteiger partial charge is 0.272 e. The lowest BCUT2D eigenvalue weighted by Crippen LogP contribution is -2.20. The second-order valence-corrected chi connectivity index (χ2v) is 6.53. The van der Waals surface area contributed by atoms with E-state index in [1.54, 1.807) is 18.2 Å². The molecule has 2 bridgehead atoms. The molecule has 1 amide bonds. The van der Waals surface area contributed by atoms with E-state index in [0.29, 0.717) is 21.5 Å². The lowest BCUT2D eigenvalue weighted by atomic mass is 9.90. The number of fused-ring (bicyclic) bond motifs is 2. The van der Waals surface area contributed by atoms with Crippen molar-refractivity contribution in [1.82, 2.24) is 5.43 Å². The summed E-state index contributed by atoms with van der Waals surface area (Å²) in [7, 11) is 0. The van der Waals surface area contributed by atoms with Crippen LogP contribution in [0.3, 0.4) is 0 Å². The van der Waals surface area contributed by atoms with E-state index < -0.39 is 0 Å². The summed E-state index contributed by atoms with van der Waals surface area (Å²) >= 11 is 11.8. The summed E-state index contributed by atoms with van der Waals surface area (Å²) < 4.78 is 0. The van der Waals surface area contributed by atoms with E-state index in [2.05, 4.69) is 10.5 Å². The van der Waals surface area contributed by atoms with Gasteiger partial charge in [-0.1, -0.05) is 29.6 Å². The Balaban J connectivity index is 1.59. The Hall–Kier alpha value is -1.06. The van der Waals surface area contributed by atoms with E-state index in [4.69, 9.17) is 23.2 Å². The zero-order valence-corrected chi connectivity index (χ0v) is 12.5. The Morgan fingerprint density at radius 2 is 2.15 bits per heavy atom. The highest BCUT2D eigenvalue weighted by atomic mass is 35.5. The Kier molecular flexibility index (Phi) is 3.99. The van der Waals surface area contributed by atoms with Crippen LogP contribution in [0.5, 0.6) is 0 Å². The summed E-state index contributed by atoms with van der Waals surface area (Å²) in [4.78, 5) is 12.0. The first-order chi connectivity index (χ1) is 9.63. The molecule has 3 nitrogen and oxygen atoms in total. The van der Waals surface area contributed by atoms with Gasteiger partial charge in [0.2, 0.25) is 0 Å². The Morgan fingerprint density at radius 3 is 2.80 bits per heavy atom. The first-order valence-corrected chi connectivity index (χ1v) is 7.67. The lowest BCUT2D eigenvalue weighted by molar-refractivity contribution is 0.0955. The van der Waals surface area contributed by atoms with Crippen molar-refractivity contribution in [2.45, 2.75) is 25.7 Å². The van der Waals surface area contributed by atoms with Crippen molar-refractivity contribution in [3.63, 3.8) is 0 Å². The molecule has 106 valence electrons. The maximum atomic E-state index is 12.0. The predicted octanol–water partition coefficient (Wildman–Crippen LogP) is 4.15. The maximum Gasteiger partial charge on any atom is 0.272 e. The fourth-order valence-electron chi connectivity index (χ4n) is 3.40. The third-order valence-corrected chi connectivity index (χ3v) is 4.95. The lowest BCUT2D eigenvalue weighted by Gasteiger charge is -2.16. The molecule has 0 spiro atoms. The molecule has 2 aliphatic rings. The highest BCUT2D eigenvalue weighted by Crippen LogP contribution is 2.47. The van der Waals surface area contributed by atoms with Crippen molar-refractivity contribution in [2.24, 2.45) is 22.9 Å². The molecule has 0 unspecified atom stereocenters. The standard InChI is InChI=1S/C15H16Cl2N2O/c16-12-3-4-13(14(17)7-12)15(20)19-18-8-11-6-9-1-2-10(11)5-9/h3-4,7-11H,1-2,5-6H2,(H,19,20)/b18-8-/t9-,10-,11-/m0/s1. The van der Waals surface area contributed by atoms with Crippen LogP contribution in [-0.4, -0.2) is 12.1 Å². The monoisotopic (exact) mass is 310 g/mol. The molecule has 3 rings (SSSR count). The molecule has 1 N–H and O–H groups in total. The molecule has 1 aromatic rings. The molecule has 0 heterocycles. The fraction of sp³-hybridized carbons (Fsp3) is 0.467. The molecule has 1 aromatic carbocycles. The SMILES string of the molecule is O=C(N/N=C\[C@@H]1C[C@H]2CC[C@H]1C2)c1ccc(Cl)cc1Cl. The van der Waals surface area contributed by atoms with Crippen LogP contribution in [0.2, 0.25) is 10.0 Å². The van der Waals surface area contributed by atoms with Crippen LogP contribution >= 0.6 is 23.2 Å². The average molecular weight is 311 g/mol. The normalized spacial score (nSPS) is 28.2. The molecule has 3 atom stereocenters. The van der Waals surface area contributed by atoms with Crippen molar-refractivity contribution < 1.29 is 4.79 Å². The van der Waals surface area contributed by atoms with Gasteiger partial charge in [0.25, 0.3) is 5.91 Å². The van der Waals surface area contributed by atoms with Crippen LogP contribution in [0.4, 0.5) is 0 Å². The second-order valence-electron chi connectivity index (χ2n) is 5.68. The minimum absolute atomic E-state index is 0.300. The number of benzene rings is 1. The molecule has 2 saturated carbocycles. The molecular weight excluding hydrogens is 295 g/mol.